The zero-order valence-electron chi connectivity index (χ0n) is 7.36. The Labute approximate surface area is 84.8 Å². The smallest absolute Gasteiger partial charge is 0.151 e. The fourth-order valence-electron chi connectivity index (χ4n) is 1.38. The number of hydrogen-bond donors (Lipinski definition) is 2. The Morgan fingerprint density at radius 1 is 1.50 bits per heavy atom. The number of carbonyl (C=O) groups is 1. The van der Waals surface area contributed by atoms with Crippen LogP contribution in [0.2, 0.25) is 0 Å². The van der Waals surface area contributed by atoms with E-state index in [1.165, 1.54) is 11.3 Å². The molecule has 14 heavy (non-hydrogen) atoms. The van der Waals surface area contributed by atoms with Crippen LogP contribution in [0.4, 0.5) is 5.69 Å². The molecule has 0 aliphatic rings. The number of hydrogen-bond acceptors (Lipinski definition) is 4. The molecule has 2 aromatic rings. The van der Waals surface area contributed by atoms with Crippen molar-refractivity contribution in [1.82, 2.24) is 0 Å². The fourth-order valence-corrected chi connectivity index (χ4v) is 2.32. The predicted octanol–water partition coefficient (Wildman–Crippen LogP) is 1.79. The van der Waals surface area contributed by atoms with Gasteiger partial charge in [0.2, 0.25) is 0 Å². The number of fused-ring (bicyclic) bond motifs is 1. The Morgan fingerprint density at radius 2 is 2.29 bits per heavy atom. The molecule has 0 saturated heterocycles. The molecule has 0 aliphatic heterocycles. The molecule has 0 amide bonds. The summed E-state index contributed by atoms with van der Waals surface area (Å²) in [5.41, 5.74) is 7.59. The minimum Gasteiger partial charge on any atom is -0.398 e. The third-order valence-corrected chi connectivity index (χ3v) is 3.13. The zero-order chi connectivity index (χ0) is 10.1. The van der Waals surface area contributed by atoms with Crippen LogP contribution in [0.5, 0.6) is 0 Å². The lowest BCUT2D eigenvalue weighted by atomic mass is 10.1. The number of thiophene rings is 1. The summed E-state index contributed by atoms with van der Waals surface area (Å²) in [5.74, 6) is 0. The van der Waals surface area contributed by atoms with Crippen LogP contribution in [-0.4, -0.2) is 11.4 Å². The summed E-state index contributed by atoms with van der Waals surface area (Å²) in [7, 11) is 0. The highest BCUT2D eigenvalue weighted by Crippen LogP contribution is 2.29. The number of carbonyl (C=O) groups excluding carboxylic acids is 1. The lowest BCUT2D eigenvalue weighted by molar-refractivity contribution is 0.112. The van der Waals surface area contributed by atoms with E-state index < -0.39 is 0 Å². The van der Waals surface area contributed by atoms with Crippen molar-refractivity contribution in [3.8, 4) is 0 Å². The number of rotatable bonds is 2. The minimum absolute atomic E-state index is 0.101. The summed E-state index contributed by atoms with van der Waals surface area (Å²) in [4.78, 5) is 10.7. The van der Waals surface area contributed by atoms with Crippen LogP contribution >= 0.6 is 11.3 Å². The lowest BCUT2D eigenvalue weighted by Gasteiger charge is -2.02. The Morgan fingerprint density at radius 3 is 2.93 bits per heavy atom. The fraction of sp³-hybridized carbons (Fsp3) is 0.100. The summed E-state index contributed by atoms with van der Waals surface area (Å²) < 4.78 is 0.974. The maximum absolute atomic E-state index is 10.7. The third-order valence-electron chi connectivity index (χ3n) is 2.16. The molecule has 0 radical (unpaired) electrons. The Bertz CT molecular complexity index is 490. The topological polar surface area (TPSA) is 63.3 Å². The number of nitrogen functional groups attached to an aromatic ring is 1. The first kappa shape index (κ1) is 9.18. The number of aliphatic hydroxyl groups excluding tert-OH is 1. The SMILES string of the molecule is Nc1cc2scc(C=O)c2cc1CO. The molecular formula is C10H9NO2S. The largest absolute Gasteiger partial charge is 0.398 e. The van der Waals surface area contributed by atoms with Crippen molar-refractivity contribution < 1.29 is 9.90 Å². The molecule has 0 aliphatic carbocycles. The van der Waals surface area contributed by atoms with Crippen molar-refractivity contribution in [2.45, 2.75) is 6.61 Å². The van der Waals surface area contributed by atoms with Gasteiger partial charge in [-0.3, -0.25) is 4.79 Å². The number of aliphatic hydroxyl groups is 1. The van der Waals surface area contributed by atoms with Crippen molar-refractivity contribution in [1.29, 1.82) is 0 Å². The van der Waals surface area contributed by atoms with E-state index >= 15 is 0 Å². The van der Waals surface area contributed by atoms with Crippen LogP contribution in [-0.2, 0) is 6.61 Å². The third kappa shape index (κ3) is 1.29. The van der Waals surface area contributed by atoms with E-state index in [0.717, 1.165) is 16.4 Å². The molecule has 0 saturated carbocycles. The molecular weight excluding hydrogens is 198 g/mol. The van der Waals surface area contributed by atoms with Gasteiger partial charge in [0.25, 0.3) is 0 Å². The normalized spacial score (nSPS) is 10.6. The van der Waals surface area contributed by atoms with E-state index in [1.807, 2.05) is 0 Å². The van der Waals surface area contributed by atoms with Gasteiger partial charge in [-0.15, -0.1) is 11.3 Å². The van der Waals surface area contributed by atoms with E-state index in [4.69, 9.17) is 10.8 Å². The van der Waals surface area contributed by atoms with Gasteiger partial charge >= 0.3 is 0 Å². The molecule has 2 rings (SSSR count). The van der Waals surface area contributed by atoms with Crippen molar-refractivity contribution >= 4 is 33.4 Å². The van der Waals surface area contributed by atoms with Gasteiger partial charge in [0.05, 0.1) is 6.61 Å². The van der Waals surface area contributed by atoms with Crippen molar-refractivity contribution in [3.63, 3.8) is 0 Å². The predicted molar refractivity (Wildman–Crippen MR) is 57.5 cm³/mol. The Kier molecular flexibility index (Phi) is 2.23. The highest BCUT2D eigenvalue weighted by Gasteiger charge is 2.06. The van der Waals surface area contributed by atoms with Crippen LogP contribution in [0.15, 0.2) is 17.5 Å². The van der Waals surface area contributed by atoms with E-state index in [2.05, 4.69) is 0 Å². The molecule has 0 atom stereocenters. The highest BCUT2D eigenvalue weighted by molar-refractivity contribution is 7.17. The van der Waals surface area contributed by atoms with E-state index in [0.29, 0.717) is 16.8 Å². The second kappa shape index (κ2) is 3.40. The van der Waals surface area contributed by atoms with Crippen LogP contribution in [0.1, 0.15) is 15.9 Å². The van der Waals surface area contributed by atoms with Gasteiger partial charge in [0.1, 0.15) is 0 Å². The monoisotopic (exact) mass is 207 g/mol. The molecule has 0 bridgehead atoms. The van der Waals surface area contributed by atoms with Crippen LogP contribution in [0.3, 0.4) is 0 Å². The zero-order valence-corrected chi connectivity index (χ0v) is 8.17. The van der Waals surface area contributed by atoms with Gasteiger partial charge < -0.3 is 10.8 Å². The second-order valence-corrected chi connectivity index (χ2v) is 3.93. The maximum atomic E-state index is 10.7. The van der Waals surface area contributed by atoms with Gasteiger partial charge in [0, 0.05) is 32.3 Å². The van der Waals surface area contributed by atoms with Gasteiger partial charge in [-0.1, -0.05) is 0 Å². The molecule has 3 N–H and O–H groups in total. The second-order valence-electron chi connectivity index (χ2n) is 3.01. The molecule has 0 unspecified atom stereocenters. The number of benzene rings is 1. The molecule has 4 heteroatoms. The average molecular weight is 207 g/mol. The first-order valence-electron chi connectivity index (χ1n) is 4.12. The molecule has 1 aromatic heterocycles. The standard InChI is InChI=1S/C10H9NO2S/c11-9-2-10-8(1-6(9)3-12)7(4-13)5-14-10/h1-2,4-5,12H,3,11H2. The van der Waals surface area contributed by atoms with Gasteiger partial charge in [-0.05, 0) is 12.1 Å². The van der Waals surface area contributed by atoms with Gasteiger partial charge in [-0.25, -0.2) is 0 Å². The summed E-state index contributed by atoms with van der Waals surface area (Å²) in [6.45, 7) is -0.101. The first-order valence-corrected chi connectivity index (χ1v) is 5.00. The summed E-state index contributed by atoms with van der Waals surface area (Å²) in [5, 5.41) is 11.7. The van der Waals surface area contributed by atoms with Crippen LogP contribution in [0.25, 0.3) is 10.1 Å². The average Bonchev–Trinajstić information content (AvgIpc) is 2.58. The highest BCUT2D eigenvalue weighted by atomic mass is 32.1. The molecule has 0 fully saturated rings. The van der Waals surface area contributed by atoms with E-state index in [1.54, 1.807) is 17.5 Å². The number of aldehydes is 1. The summed E-state index contributed by atoms with van der Waals surface area (Å²) >= 11 is 1.48. The summed E-state index contributed by atoms with van der Waals surface area (Å²) in [6, 6.07) is 3.56. The lowest BCUT2D eigenvalue weighted by Crippen LogP contribution is -1.93. The van der Waals surface area contributed by atoms with Gasteiger partial charge in [0.15, 0.2) is 6.29 Å². The van der Waals surface area contributed by atoms with Gasteiger partial charge in [-0.2, -0.15) is 0 Å². The summed E-state index contributed by atoms with van der Waals surface area (Å²) in [6.07, 6.45) is 0.816. The molecule has 3 nitrogen and oxygen atoms in total. The minimum atomic E-state index is -0.101. The Hall–Kier alpha value is -1.39. The van der Waals surface area contributed by atoms with Crippen LogP contribution in [0, 0.1) is 0 Å². The maximum Gasteiger partial charge on any atom is 0.151 e. The van der Waals surface area contributed by atoms with Crippen LogP contribution < -0.4 is 5.73 Å². The number of nitrogens with two attached hydrogens (primary N) is 1. The number of anilines is 1. The molecule has 1 aromatic carbocycles. The van der Waals surface area contributed by atoms with Crippen molar-refractivity contribution in [3.05, 3.63) is 28.6 Å². The van der Waals surface area contributed by atoms with E-state index in [9.17, 15) is 4.79 Å². The molecule has 0 spiro atoms. The van der Waals surface area contributed by atoms with Crippen molar-refractivity contribution in [2.24, 2.45) is 0 Å². The Balaban J connectivity index is 2.76. The van der Waals surface area contributed by atoms with E-state index in [-0.39, 0.29) is 6.61 Å². The molecule has 1 heterocycles. The molecule has 72 valence electrons. The quantitative estimate of drug-likeness (QED) is 0.583. The van der Waals surface area contributed by atoms with Crippen molar-refractivity contribution in [2.75, 3.05) is 5.73 Å². The first-order chi connectivity index (χ1) is 6.76.